The highest BCUT2D eigenvalue weighted by atomic mass is 16.8. The van der Waals surface area contributed by atoms with Gasteiger partial charge >= 0.3 is 59.7 Å². The summed E-state index contributed by atoms with van der Waals surface area (Å²) in [5.74, 6) is -93.3. The molecule has 6 bridgehead atoms. The van der Waals surface area contributed by atoms with Crippen molar-refractivity contribution in [1.29, 1.82) is 0 Å². The number of fused-ring (bicyclic) bond motifs is 9. The van der Waals surface area contributed by atoms with Crippen LogP contribution < -0.4 is 14.2 Å². The number of carbonyl (C=O) groups is 12. The summed E-state index contributed by atoms with van der Waals surface area (Å²) in [5, 5.41) is 344. The highest BCUT2D eigenvalue weighted by Gasteiger charge is 2.97. The molecular weight excluding hydrogens is 1980 g/mol. The van der Waals surface area contributed by atoms with Crippen molar-refractivity contribution in [2.75, 3.05) is 19.8 Å². The molecular formula is C88H62O58. The molecule has 58 heteroatoms. The average Bonchev–Trinajstić information content (AvgIpc) is 1.45. The molecule has 58 nitrogen and oxygen atoms in total. The maximum Gasteiger partial charge on any atom is 0.346 e. The predicted octanol–water partition coefficient (Wildman–Crippen LogP) is -0.609. The average molecular weight is 2050 g/mol. The number of benzene rings is 9. The summed E-state index contributed by atoms with van der Waals surface area (Å²) in [6.45, 7) is -4.70. The van der Waals surface area contributed by atoms with Gasteiger partial charge < -0.3 is 229 Å². The summed E-state index contributed by atoms with van der Waals surface area (Å²) >= 11 is 0. The Hall–Kier alpha value is -18.7. The van der Waals surface area contributed by atoms with Gasteiger partial charge in [0.15, 0.2) is 163 Å². The van der Waals surface area contributed by atoms with Crippen LogP contribution in [0.2, 0.25) is 0 Å². The highest BCUT2D eigenvalue weighted by Crippen LogP contribution is 2.76. The smallest absolute Gasteiger partial charge is 0.346 e. The number of carbonyl (C=O) groups excluding carboxylic acids is 11. The lowest BCUT2D eigenvalue weighted by Crippen LogP contribution is -2.88. The molecule has 7 fully saturated rings. The van der Waals surface area contributed by atoms with E-state index in [4.69, 9.17) is 75.8 Å². The molecule has 1 saturated carbocycles. The summed E-state index contributed by atoms with van der Waals surface area (Å²) in [5.41, 5.74) is -28.7. The van der Waals surface area contributed by atoms with Gasteiger partial charge in [-0.05, 0) is 54.6 Å². The number of aliphatic hydroxyl groups excluding tert-OH is 2. The van der Waals surface area contributed by atoms with Crippen LogP contribution in [0, 0.1) is 11.3 Å². The number of aromatic hydroxyl groups is 24. The fourth-order valence-electron chi connectivity index (χ4n) is 19.1. The first-order chi connectivity index (χ1) is 68.6. The number of ketones is 2. The monoisotopic (exact) mass is 2050 g/mol. The van der Waals surface area contributed by atoms with Gasteiger partial charge in [-0.15, -0.1) is 0 Å². The van der Waals surface area contributed by atoms with Crippen LogP contribution >= 0.6 is 0 Å². The number of Topliss-reactive ketones (excluding diaryl/α,β-unsaturated/α-hetero) is 2. The molecule has 30 N–H and O–H groups in total. The number of ether oxygens (including phenoxy) is 16. The van der Waals surface area contributed by atoms with Gasteiger partial charge in [0.25, 0.3) is 11.6 Å². The van der Waals surface area contributed by atoms with Gasteiger partial charge in [-0.25, -0.2) is 43.2 Å². The number of esters is 9. The first-order valence-corrected chi connectivity index (χ1v) is 41.3. The third-order valence-corrected chi connectivity index (χ3v) is 25.8. The maximum absolute atomic E-state index is 16.9. The standard InChI is InChI=1S/C88H62O58/c89-25-1-16(2-26(90)47(25)102)73(118)139-67-45(80(125)135-37-14-131-75(120)18-5-29(93)49(104)55(110)40(18)41-19(77(122)138-64(37)67)6-30(94)50(105)56(41)111)46(101)23-9-32(96)52(107)59(114)61(23)134-36-11-22-43(58(113)63(36)137-62-24(72(116)117)10-33(97)53(108)60(62)115)42-20(7-31(95)51(106)57(42)112)78(123)140-68-65-38(15-132-76(22)121)136-81(144-74(119)17-3-27(91)48(103)28(92)4-17)69(68)141-79(124)21-8-34(98)54(109)66-44(21)70-84(82(126)142-65)12-39(100)86(128,87(70,129)145-66)146-85(84)83(127)143-71-35(99)13-133-88(71,85)130/h1-11,35,37-38,45,64-65,67-71,80-81,89-99,102-115,125,128-130H,12-15H2,(H,116,117)/t35-,37-,38-,45+,64+,65-,67+,68-,69+,70-,71+,80+,81+,84+,85-,86+,87-,88+/m1/s1. The van der Waals surface area contributed by atoms with Gasteiger partial charge in [-0.2, -0.15) is 0 Å². The minimum Gasteiger partial charge on any atom is -0.504 e. The largest absolute Gasteiger partial charge is 0.504 e. The fourth-order valence-corrected chi connectivity index (χ4v) is 19.1. The van der Waals surface area contributed by atoms with Crippen molar-refractivity contribution < 1.29 is 287 Å². The first-order valence-electron chi connectivity index (χ1n) is 41.3. The molecule has 18 atom stereocenters. The minimum atomic E-state index is -4.30. The Labute approximate surface area is 800 Å². The number of aliphatic hydroxyl groups is 5. The Morgan fingerprint density at radius 1 is 0.384 bits per heavy atom. The van der Waals surface area contributed by atoms with E-state index in [2.05, 4.69) is 0 Å². The van der Waals surface area contributed by atoms with Crippen molar-refractivity contribution in [2.24, 2.45) is 11.3 Å². The number of phenols is 24. The van der Waals surface area contributed by atoms with Crippen LogP contribution in [-0.2, 0) is 76.0 Å². The van der Waals surface area contributed by atoms with E-state index in [-0.39, 0.29) is 36.4 Å². The summed E-state index contributed by atoms with van der Waals surface area (Å²) in [6.07, 6.45) is -34.0. The van der Waals surface area contributed by atoms with Gasteiger partial charge in [0.05, 0.1) is 57.0 Å². The SMILES string of the molecule is O=C(O[C@@H]1O[C@@H]2COC(=O)c3cc(Oc4c(C(=O)[C@H]5[C@H](OC(=O)c6cc(O)c(O)c(O)c6)[C@H]6OC(=O)c7cc(O)c(O)c(O)c7-c7c(cc(O)c(O)c7O)C(=O)OC[C@H]6O[C@@H]5O)cc(O)c(O)c4O)c(Oc4c(C(=O)O)cc(O)c(O)c4O)c(O)c3-c3c(cc(O)c(O)c3O)C(=O)O[C@H]3[C@@H]1OC(=O)c1cc(O)c(O)c4c1[C@H]1[C@@](O)(O4)[C@@]4(O)O[C@]5(C(=O)O[C@H]6[C@H](O)CO[C@@]65O)[C@]1(CC4=O)C(=O)O[C@@H]32)c1cc(O)c(O)c(O)c1. The molecule has 9 aromatic rings. The van der Waals surface area contributed by atoms with Crippen molar-refractivity contribution in [1.82, 2.24) is 0 Å². The second-order valence-electron chi connectivity index (χ2n) is 33.8. The number of rotatable bonds is 11. The summed E-state index contributed by atoms with van der Waals surface area (Å²) < 4.78 is 92.8. The van der Waals surface area contributed by atoms with E-state index in [1.54, 1.807) is 0 Å². The van der Waals surface area contributed by atoms with Gasteiger partial charge in [0.2, 0.25) is 75.5 Å². The van der Waals surface area contributed by atoms with E-state index in [0.29, 0.717) is 30.3 Å². The number of hydrogen-bond donors (Lipinski definition) is 30. The maximum atomic E-state index is 16.9. The number of hydrogen-bond acceptors (Lipinski definition) is 57. The molecule has 1 aliphatic carbocycles. The molecule has 762 valence electrons. The van der Waals surface area contributed by atoms with E-state index >= 15 is 38.4 Å². The quantitative estimate of drug-likeness (QED) is 0.0332. The normalized spacial score (nSPS) is 27.6. The predicted molar refractivity (Wildman–Crippen MR) is 439 cm³/mol. The van der Waals surface area contributed by atoms with Crippen LogP contribution in [-0.4, -0.2) is 335 Å². The molecule has 20 rings (SSSR count). The zero-order valence-electron chi connectivity index (χ0n) is 71.5. The van der Waals surface area contributed by atoms with Crippen molar-refractivity contribution in [3.63, 3.8) is 0 Å². The third kappa shape index (κ3) is 13.4. The van der Waals surface area contributed by atoms with Crippen LogP contribution in [0.4, 0.5) is 0 Å². The molecule has 2 spiro atoms. The molecule has 0 aromatic heterocycles. The highest BCUT2D eigenvalue weighted by molar-refractivity contribution is 6.12. The van der Waals surface area contributed by atoms with Gasteiger partial charge in [-0.3, -0.25) is 14.4 Å². The summed E-state index contributed by atoms with van der Waals surface area (Å²) in [4.78, 5) is 184. The molecule has 10 heterocycles. The van der Waals surface area contributed by atoms with E-state index < -0.39 is 450 Å². The molecule has 0 amide bonds. The van der Waals surface area contributed by atoms with Gasteiger partial charge in [0, 0.05) is 46.4 Å². The first kappa shape index (κ1) is 96.1. The van der Waals surface area contributed by atoms with Crippen LogP contribution in [0.1, 0.15) is 111 Å². The van der Waals surface area contributed by atoms with Crippen molar-refractivity contribution in [3.8, 4) is 189 Å². The molecule has 10 aliphatic heterocycles. The van der Waals surface area contributed by atoms with Crippen LogP contribution in [0.5, 0.6) is 167 Å². The zero-order valence-corrected chi connectivity index (χ0v) is 71.5. The van der Waals surface area contributed by atoms with Gasteiger partial charge in [-0.1, -0.05) is 0 Å². The number of cyclic esters (lactones) is 2. The molecule has 146 heavy (non-hydrogen) atoms. The lowest BCUT2D eigenvalue weighted by atomic mass is 9.47. The third-order valence-electron chi connectivity index (χ3n) is 25.8. The Bertz CT molecular complexity index is 7420. The van der Waals surface area contributed by atoms with E-state index in [1.807, 2.05) is 0 Å². The lowest BCUT2D eigenvalue weighted by Gasteiger charge is -2.64. The van der Waals surface area contributed by atoms with Crippen molar-refractivity contribution in [2.45, 2.75) is 103 Å². The molecule has 0 unspecified atom stereocenters. The fraction of sp³-hybridized carbons (Fsp3) is 0.250. The zero-order chi connectivity index (χ0) is 106. The van der Waals surface area contributed by atoms with E-state index in [1.165, 1.54) is 0 Å². The second-order valence-corrected chi connectivity index (χ2v) is 33.8. The molecule has 6 saturated heterocycles. The number of phenolic OH excluding ortho intramolecular Hbond substituents is 24. The topological polar surface area (TPSA) is 959 Å². The number of aromatic carboxylic acids is 1. The van der Waals surface area contributed by atoms with Crippen LogP contribution in [0.25, 0.3) is 22.3 Å². The summed E-state index contributed by atoms with van der Waals surface area (Å²) in [6, 6.07) is 2.22. The Balaban J connectivity index is 0.814. The van der Waals surface area contributed by atoms with Crippen LogP contribution in [0.3, 0.4) is 0 Å². The number of carboxylic acids is 1. The Morgan fingerprint density at radius 2 is 0.815 bits per heavy atom. The van der Waals surface area contributed by atoms with E-state index in [0.717, 1.165) is 0 Å². The van der Waals surface area contributed by atoms with Crippen molar-refractivity contribution in [3.05, 3.63) is 122 Å². The molecule has 11 aliphatic rings. The second kappa shape index (κ2) is 32.7. The minimum absolute atomic E-state index is 0.000920. The van der Waals surface area contributed by atoms with Gasteiger partial charge in [0.1, 0.15) is 48.4 Å². The van der Waals surface area contributed by atoms with Crippen LogP contribution in [0.15, 0.2) is 66.7 Å². The molecule has 0 radical (unpaired) electrons. The Kier molecular flexibility index (Phi) is 21.5. The van der Waals surface area contributed by atoms with Crippen molar-refractivity contribution >= 4 is 71.3 Å². The Morgan fingerprint density at radius 3 is 1.34 bits per heavy atom. The molecule has 9 aromatic carbocycles. The lowest BCUT2D eigenvalue weighted by molar-refractivity contribution is -0.459. The van der Waals surface area contributed by atoms with E-state index in [9.17, 15) is 172 Å². The summed E-state index contributed by atoms with van der Waals surface area (Å²) in [7, 11) is 0. The number of carboxylic acid groups (broad SMARTS) is 1.